The van der Waals surface area contributed by atoms with Gasteiger partial charge < -0.3 is 10.0 Å². The number of aryl methyl sites for hydroxylation is 2. The number of β-amino-alcohol motifs (C(OH)–C–C–N with tert-alkyl or cyclic N) is 1. The second kappa shape index (κ2) is 7.45. The first kappa shape index (κ1) is 17.8. The Morgan fingerprint density at radius 1 is 1.32 bits per heavy atom. The lowest BCUT2D eigenvalue weighted by Crippen LogP contribution is -2.39. The molecular formula is C19H22N2O3S. The maximum atomic E-state index is 12.5. The van der Waals surface area contributed by atoms with Crippen molar-refractivity contribution in [2.75, 3.05) is 6.54 Å². The summed E-state index contributed by atoms with van der Waals surface area (Å²) < 4.78 is 0. The number of aliphatic hydroxyl groups is 1. The van der Waals surface area contributed by atoms with E-state index >= 15 is 0 Å². The third kappa shape index (κ3) is 3.96. The number of amides is 1. The van der Waals surface area contributed by atoms with Crippen LogP contribution in [0.3, 0.4) is 0 Å². The second-order valence-electron chi connectivity index (χ2n) is 6.51. The smallest absolute Gasteiger partial charge is 0.220 e. The number of thiazole rings is 1. The average molecular weight is 358 g/mol. The molecular weight excluding hydrogens is 336 g/mol. The van der Waals surface area contributed by atoms with Crippen LogP contribution >= 0.6 is 11.3 Å². The van der Waals surface area contributed by atoms with Crippen LogP contribution in [0.1, 0.15) is 31.0 Å². The maximum absolute atomic E-state index is 12.5. The number of carbonyl (C=O) groups excluding carboxylic acids is 2. The first-order chi connectivity index (χ1) is 12.0. The number of nitrogens with zero attached hydrogens (tertiary/aromatic N) is 2. The summed E-state index contributed by atoms with van der Waals surface area (Å²) in [6.45, 7) is 3.70. The van der Waals surface area contributed by atoms with Gasteiger partial charge >= 0.3 is 0 Å². The van der Waals surface area contributed by atoms with Gasteiger partial charge in [0.1, 0.15) is 0 Å². The van der Waals surface area contributed by atoms with E-state index in [9.17, 15) is 14.7 Å². The van der Waals surface area contributed by atoms with Gasteiger partial charge in [0, 0.05) is 26.3 Å². The molecule has 1 saturated heterocycles. The molecule has 0 unspecified atom stereocenters. The lowest BCUT2D eigenvalue weighted by atomic mass is 10.0. The van der Waals surface area contributed by atoms with Gasteiger partial charge in [-0.15, -0.1) is 11.3 Å². The highest BCUT2D eigenvalue weighted by Crippen LogP contribution is 2.27. The highest BCUT2D eigenvalue weighted by molar-refractivity contribution is 7.13. The van der Waals surface area contributed by atoms with E-state index in [1.807, 2.05) is 24.6 Å². The van der Waals surface area contributed by atoms with Crippen molar-refractivity contribution in [3.63, 3.8) is 0 Å². The van der Waals surface area contributed by atoms with Crippen molar-refractivity contribution in [2.24, 2.45) is 0 Å². The molecule has 2 atom stereocenters. The van der Waals surface area contributed by atoms with Gasteiger partial charge in [0.25, 0.3) is 0 Å². The zero-order valence-corrected chi connectivity index (χ0v) is 15.3. The zero-order chi connectivity index (χ0) is 18.0. The van der Waals surface area contributed by atoms with Gasteiger partial charge in [0.15, 0.2) is 5.78 Å². The molecule has 0 spiro atoms. The molecule has 0 saturated carbocycles. The van der Waals surface area contributed by atoms with Gasteiger partial charge in [-0.1, -0.05) is 24.3 Å². The maximum Gasteiger partial charge on any atom is 0.220 e. The fraction of sp³-hybridized carbons (Fsp3) is 0.421. The number of likely N-dealkylation sites (tertiary alicyclic amines) is 1. The standard InChI is InChI=1S/C19H22N2O3S/c1-12-19(25-11-20-12)15-6-3-14(4-7-15)5-8-18(24)17-9-16(23)10-21(17)13(2)22/h3-4,6-7,11,16-17,23H,5,8-10H2,1-2H3/t16-,17+/m1/s1. The fourth-order valence-corrected chi connectivity index (χ4v) is 4.11. The van der Waals surface area contributed by atoms with Gasteiger partial charge in [-0.05, 0) is 24.5 Å². The number of hydrogen-bond donors (Lipinski definition) is 1. The number of aromatic nitrogens is 1. The summed E-state index contributed by atoms with van der Waals surface area (Å²) in [4.78, 5) is 31.0. The predicted molar refractivity (Wildman–Crippen MR) is 97.4 cm³/mol. The first-order valence-corrected chi connectivity index (χ1v) is 9.31. The van der Waals surface area contributed by atoms with E-state index in [2.05, 4.69) is 17.1 Å². The Balaban J connectivity index is 1.61. The molecule has 2 heterocycles. The molecule has 6 heteroatoms. The van der Waals surface area contributed by atoms with Crippen LogP contribution in [-0.4, -0.2) is 45.4 Å². The number of carbonyl (C=O) groups is 2. The summed E-state index contributed by atoms with van der Waals surface area (Å²) in [6, 6.07) is 7.71. The van der Waals surface area contributed by atoms with Crippen molar-refractivity contribution in [3.8, 4) is 10.4 Å². The van der Waals surface area contributed by atoms with Gasteiger partial charge in [-0.25, -0.2) is 4.98 Å². The van der Waals surface area contributed by atoms with Crippen LogP contribution in [0.5, 0.6) is 0 Å². The lowest BCUT2D eigenvalue weighted by Gasteiger charge is -2.21. The molecule has 3 rings (SSSR count). The third-order valence-corrected chi connectivity index (χ3v) is 5.65. The molecule has 1 aliphatic heterocycles. The molecule has 2 aromatic rings. The van der Waals surface area contributed by atoms with E-state index in [0.29, 0.717) is 19.3 Å². The molecule has 0 radical (unpaired) electrons. The highest BCUT2D eigenvalue weighted by atomic mass is 32.1. The van der Waals surface area contributed by atoms with Crippen LogP contribution in [0.4, 0.5) is 0 Å². The molecule has 132 valence electrons. The third-order valence-electron chi connectivity index (χ3n) is 4.68. The minimum absolute atomic E-state index is 0.0223. The Bertz CT molecular complexity index is 769. The average Bonchev–Trinajstić information content (AvgIpc) is 3.19. The van der Waals surface area contributed by atoms with Crippen molar-refractivity contribution in [3.05, 3.63) is 41.0 Å². The quantitative estimate of drug-likeness (QED) is 0.892. The Morgan fingerprint density at radius 3 is 2.64 bits per heavy atom. The Morgan fingerprint density at radius 2 is 2.04 bits per heavy atom. The SMILES string of the molecule is CC(=O)N1C[C@H](O)C[C@H]1C(=O)CCc1ccc(-c2scnc2C)cc1. The minimum Gasteiger partial charge on any atom is -0.391 e. The summed E-state index contributed by atoms with van der Waals surface area (Å²) in [5, 5.41) is 9.75. The number of ketones is 1. The van der Waals surface area contributed by atoms with Crippen molar-refractivity contribution in [2.45, 2.75) is 45.3 Å². The first-order valence-electron chi connectivity index (χ1n) is 8.43. The number of aliphatic hydroxyl groups excluding tert-OH is 1. The van der Waals surface area contributed by atoms with Crippen molar-refractivity contribution in [1.29, 1.82) is 0 Å². The van der Waals surface area contributed by atoms with Crippen LogP contribution in [0, 0.1) is 6.92 Å². The Hall–Kier alpha value is -2.05. The molecule has 5 nitrogen and oxygen atoms in total. The summed E-state index contributed by atoms with van der Waals surface area (Å²) in [7, 11) is 0. The molecule has 0 bridgehead atoms. The van der Waals surface area contributed by atoms with Gasteiger partial charge in [-0.3, -0.25) is 9.59 Å². The van der Waals surface area contributed by atoms with Crippen LogP contribution < -0.4 is 0 Å². The summed E-state index contributed by atoms with van der Waals surface area (Å²) in [6.07, 6.45) is 0.765. The van der Waals surface area contributed by atoms with E-state index in [4.69, 9.17) is 0 Å². The van der Waals surface area contributed by atoms with Crippen molar-refractivity contribution < 1.29 is 14.7 Å². The largest absolute Gasteiger partial charge is 0.391 e. The monoisotopic (exact) mass is 358 g/mol. The Labute approximate surface area is 151 Å². The van der Waals surface area contributed by atoms with E-state index in [1.54, 1.807) is 11.3 Å². The van der Waals surface area contributed by atoms with Crippen molar-refractivity contribution in [1.82, 2.24) is 9.88 Å². The lowest BCUT2D eigenvalue weighted by molar-refractivity contribution is -0.136. The van der Waals surface area contributed by atoms with E-state index in [1.165, 1.54) is 16.7 Å². The normalized spacial score (nSPS) is 20.0. The van der Waals surface area contributed by atoms with Gasteiger partial charge in [0.05, 0.1) is 28.2 Å². The highest BCUT2D eigenvalue weighted by Gasteiger charge is 2.36. The van der Waals surface area contributed by atoms with Crippen LogP contribution in [-0.2, 0) is 16.0 Å². The van der Waals surface area contributed by atoms with E-state index in [0.717, 1.165) is 16.8 Å². The summed E-state index contributed by atoms with van der Waals surface area (Å²) in [5.41, 5.74) is 5.09. The number of rotatable bonds is 5. The molecule has 0 aliphatic carbocycles. The number of benzene rings is 1. The summed E-state index contributed by atoms with van der Waals surface area (Å²) in [5.74, 6) is -0.131. The molecule has 1 aromatic carbocycles. The molecule has 1 fully saturated rings. The summed E-state index contributed by atoms with van der Waals surface area (Å²) >= 11 is 1.62. The number of hydrogen-bond acceptors (Lipinski definition) is 5. The van der Waals surface area contributed by atoms with E-state index in [-0.39, 0.29) is 18.2 Å². The Kier molecular flexibility index (Phi) is 5.30. The fourth-order valence-electron chi connectivity index (χ4n) is 3.30. The number of Topliss-reactive ketones (excluding diaryl/α,β-unsaturated/α-hetero) is 1. The molecule has 1 aliphatic rings. The zero-order valence-electron chi connectivity index (χ0n) is 14.4. The van der Waals surface area contributed by atoms with Crippen LogP contribution in [0.25, 0.3) is 10.4 Å². The molecule has 1 aromatic heterocycles. The van der Waals surface area contributed by atoms with Crippen LogP contribution in [0.2, 0.25) is 0 Å². The molecule has 25 heavy (non-hydrogen) atoms. The van der Waals surface area contributed by atoms with Gasteiger partial charge in [-0.2, -0.15) is 0 Å². The van der Waals surface area contributed by atoms with Gasteiger partial charge in [0.2, 0.25) is 5.91 Å². The second-order valence-corrected chi connectivity index (χ2v) is 7.36. The topological polar surface area (TPSA) is 70.5 Å². The van der Waals surface area contributed by atoms with Crippen molar-refractivity contribution >= 4 is 23.0 Å². The van der Waals surface area contributed by atoms with E-state index < -0.39 is 12.1 Å². The molecule has 1 amide bonds. The predicted octanol–water partition coefficient (Wildman–Crippen LogP) is 2.60. The van der Waals surface area contributed by atoms with Crippen LogP contribution in [0.15, 0.2) is 29.8 Å². The molecule has 1 N–H and O–H groups in total. The minimum atomic E-state index is -0.597.